The van der Waals surface area contributed by atoms with Crippen molar-refractivity contribution in [3.05, 3.63) is 12.2 Å². The van der Waals surface area contributed by atoms with Gasteiger partial charge in [-0.15, -0.1) is 0 Å². The van der Waals surface area contributed by atoms with Crippen molar-refractivity contribution in [2.45, 2.75) is 82.7 Å². The van der Waals surface area contributed by atoms with Crippen molar-refractivity contribution >= 4 is 8.32 Å². The zero-order valence-electron chi connectivity index (χ0n) is 15.5. The molecule has 2 bridgehead atoms. The van der Waals surface area contributed by atoms with Crippen molar-refractivity contribution in [2.75, 3.05) is 13.2 Å². The van der Waals surface area contributed by atoms with Gasteiger partial charge in [-0.1, -0.05) is 39.3 Å². The quantitative estimate of drug-likeness (QED) is 0.446. The van der Waals surface area contributed by atoms with Gasteiger partial charge < -0.3 is 14.3 Å². The number of aliphatic hydroxyl groups excluding tert-OH is 1. The van der Waals surface area contributed by atoms with Crippen LogP contribution in [0.25, 0.3) is 0 Å². The summed E-state index contributed by atoms with van der Waals surface area (Å²) in [5.41, 5.74) is -0.256. The van der Waals surface area contributed by atoms with E-state index in [0.717, 1.165) is 25.9 Å². The molecule has 3 aliphatic rings. The maximum atomic E-state index is 10.2. The molecule has 0 radical (unpaired) electrons. The van der Waals surface area contributed by atoms with E-state index in [1.165, 1.54) is 12.8 Å². The molecule has 0 spiro atoms. The van der Waals surface area contributed by atoms with E-state index in [2.05, 4.69) is 46.0 Å². The number of fused-ring (bicyclic) bond motifs is 5. The SMILES string of the molecule is CC(C)(C)[Si](C)(C)OCCC[C@]12C=C[C@H](O1)[C@@H]1CCC[C@@]12CO. The molecule has 0 aromatic rings. The molecule has 0 aromatic carbocycles. The van der Waals surface area contributed by atoms with E-state index < -0.39 is 8.32 Å². The summed E-state index contributed by atoms with van der Waals surface area (Å²) in [6.45, 7) is 12.6. The van der Waals surface area contributed by atoms with Gasteiger partial charge in [0.1, 0.15) is 0 Å². The lowest BCUT2D eigenvalue weighted by Crippen LogP contribution is -2.48. The molecule has 0 unspecified atom stereocenters. The highest BCUT2D eigenvalue weighted by atomic mass is 28.4. The van der Waals surface area contributed by atoms with Crippen LogP contribution in [-0.2, 0) is 9.16 Å². The van der Waals surface area contributed by atoms with Crippen LogP contribution in [0.5, 0.6) is 0 Å². The van der Waals surface area contributed by atoms with Gasteiger partial charge in [0.05, 0.1) is 18.3 Å². The van der Waals surface area contributed by atoms with Gasteiger partial charge in [-0.05, 0) is 49.7 Å². The number of hydrogen-bond donors (Lipinski definition) is 1. The minimum Gasteiger partial charge on any atom is -0.417 e. The smallest absolute Gasteiger partial charge is 0.191 e. The second-order valence-corrected chi connectivity index (χ2v) is 14.2. The molecule has 1 saturated heterocycles. The van der Waals surface area contributed by atoms with Crippen molar-refractivity contribution in [1.29, 1.82) is 0 Å². The van der Waals surface area contributed by atoms with Gasteiger partial charge in [0.25, 0.3) is 0 Å². The van der Waals surface area contributed by atoms with Crippen LogP contribution in [-0.4, -0.2) is 38.3 Å². The Morgan fingerprint density at radius 1 is 1.35 bits per heavy atom. The zero-order chi connectivity index (χ0) is 16.9. The van der Waals surface area contributed by atoms with Crippen LogP contribution in [0.4, 0.5) is 0 Å². The Kier molecular flexibility index (Phi) is 4.36. The lowest BCUT2D eigenvalue weighted by molar-refractivity contribution is -0.0578. The van der Waals surface area contributed by atoms with E-state index in [4.69, 9.17) is 9.16 Å². The Morgan fingerprint density at radius 2 is 2.09 bits per heavy atom. The molecule has 4 heteroatoms. The fraction of sp³-hybridized carbons (Fsp3) is 0.895. The summed E-state index contributed by atoms with van der Waals surface area (Å²) < 4.78 is 12.7. The number of hydrogen-bond acceptors (Lipinski definition) is 3. The normalized spacial score (nSPS) is 39.2. The van der Waals surface area contributed by atoms with E-state index in [1.807, 2.05) is 0 Å². The lowest BCUT2D eigenvalue weighted by Gasteiger charge is -2.42. The molecular formula is C19H34O3Si. The highest BCUT2D eigenvalue weighted by molar-refractivity contribution is 6.74. The molecular weight excluding hydrogens is 304 g/mol. The van der Waals surface area contributed by atoms with Gasteiger partial charge in [0.15, 0.2) is 8.32 Å². The largest absolute Gasteiger partial charge is 0.417 e. The van der Waals surface area contributed by atoms with Gasteiger partial charge in [-0.25, -0.2) is 0 Å². The second-order valence-electron chi connectivity index (χ2n) is 9.36. The summed E-state index contributed by atoms with van der Waals surface area (Å²) in [6.07, 6.45) is 10.3. The molecule has 2 aliphatic heterocycles. The predicted octanol–water partition coefficient (Wildman–Crippen LogP) is 4.27. The van der Waals surface area contributed by atoms with Crippen LogP contribution in [0, 0.1) is 11.3 Å². The fourth-order valence-electron chi connectivity index (χ4n) is 4.77. The van der Waals surface area contributed by atoms with Gasteiger partial charge in [-0.2, -0.15) is 0 Å². The summed E-state index contributed by atoms with van der Waals surface area (Å²) in [4.78, 5) is 0. The van der Waals surface area contributed by atoms with Crippen LogP contribution >= 0.6 is 0 Å². The van der Waals surface area contributed by atoms with Crippen molar-refractivity contribution in [2.24, 2.45) is 11.3 Å². The molecule has 132 valence electrons. The van der Waals surface area contributed by atoms with Gasteiger partial charge in [0, 0.05) is 12.0 Å². The van der Waals surface area contributed by atoms with Gasteiger partial charge in [-0.3, -0.25) is 0 Å². The molecule has 1 N–H and O–H groups in total. The minimum absolute atomic E-state index is 0.0244. The first-order valence-corrected chi connectivity index (χ1v) is 12.2. The Balaban J connectivity index is 1.61. The highest BCUT2D eigenvalue weighted by Crippen LogP contribution is 2.64. The number of ether oxygens (including phenoxy) is 1. The first-order valence-electron chi connectivity index (χ1n) is 9.30. The van der Waals surface area contributed by atoms with E-state index >= 15 is 0 Å². The first-order chi connectivity index (χ1) is 10.7. The molecule has 1 saturated carbocycles. The van der Waals surface area contributed by atoms with E-state index in [1.54, 1.807) is 0 Å². The predicted molar refractivity (Wildman–Crippen MR) is 96.0 cm³/mol. The average Bonchev–Trinajstić information content (AvgIpc) is 3.12. The Morgan fingerprint density at radius 3 is 2.74 bits per heavy atom. The topological polar surface area (TPSA) is 38.7 Å². The van der Waals surface area contributed by atoms with Crippen molar-refractivity contribution in [1.82, 2.24) is 0 Å². The maximum Gasteiger partial charge on any atom is 0.191 e. The molecule has 2 fully saturated rings. The van der Waals surface area contributed by atoms with E-state index in [9.17, 15) is 5.11 Å². The third-order valence-corrected chi connectivity index (χ3v) is 11.8. The minimum atomic E-state index is -1.67. The summed E-state index contributed by atoms with van der Waals surface area (Å²) in [6, 6.07) is 0. The molecule has 1 aliphatic carbocycles. The monoisotopic (exact) mass is 338 g/mol. The van der Waals surface area contributed by atoms with Crippen molar-refractivity contribution in [3.8, 4) is 0 Å². The van der Waals surface area contributed by atoms with Crippen LogP contribution in [0.1, 0.15) is 52.9 Å². The summed E-state index contributed by atoms with van der Waals surface area (Å²) >= 11 is 0. The molecule has 23 heavy (non-hydrogen) atoms. The molecule has 3 rings (SSSR count). The van der Waals surface area contributed by atoms with Gasteiger partial charge in [0.2, 0.25) is 0 Å². The summed E-state index contributed by atoms with van der Waals surface area (Å²) in [5.74, 6) is 0.527. The molecule has 2 heterocycles. The lowest BCUT2D eigenvalue weighted by atomic mass is 9.63. The van der Waals surface area contributed by atoms with E-state index in [0.29, 0.717) is 5.92 Å². The molecule has 4 atom stereocenters. The molecule has 0 amide bonds. The van der Waals surface area contributed by atoms with Crippen LogP contribution in [0.15, 0.2) is 12.2 Å². The zero-order valence-corrected chi connectivity index (χ0v) is 16.5. The van der Waals surface area contributed by atoms with Crippen LogP contribution in [0.2, 0.25) is 18.1 Å². The van der Waals surface area contributed by atoms with E-state index in [-0.39, 0.29) is 28.8 Å². The van der Waals surface area contributed by atoms with Crippen LogP contribution < -0.4 is 0 Å². The highest BCUT2D eigenvalue weighted by Gasteiger charge is 2.66. The Bertz CT molecular complexity index is 481. The standard InChI is InChI=1S/C19H34O3Si/c1-17(2,3)23(4,5)21-13-7-11-19-12-9-16(22-19)15-8-6-10-18(15,19)14-20/h9,12,15-16,20H,6-8,10-11,13-14H2,1-5H3/t15-,16-,18+,19+/m0/s1. The maximum absolute atomic E-state index is 10.2. The van der Waals surface area contributed by atoms with Crippen molar-refractivity contribution in [3.63, 3.8) is 0 Å². The summed E-state index contributed by atoms with van der Waals surface area (Å²) in [7, 11) is -1.67. The average molecular weight is 339 g/mol. The third kappa shape index (κ3) is 2.57. The fourth-order valence-corrected chi connectivity index (χ4v) is 5.86. The second kappa shape index (κ2) is 5.69. The summed E-state index contributed by atoms with van der Waals surface area (Å²) in [5, 5.41) is 10.4. The number of rotatable bonds is 6. The van der Waals surface area contributed by atoms with Gasteiger partial charge >= 0.3 is 0 Å². The first kappa shape index (κ1) is 17.7. The third-order valence-electron chi connectivity index (χ3n) is 7.23. The molecule has 0 aromatic heterocycles. The molecule has 3 nitrogen and oxygen atoms in total. The Labute approximate surface area is 142 Å². The Hall–Kier alpha value is -0.163. The van der Waals surface area contributed by atoms with Crippen LogP contribution in [0.3, 0.4) is 0 Å². The number of aliphatic hydroxyl groups is 1. The van der Waals surface area contributed by atoms with Crippen molar-refractivity contribution < 1.29 is 14.3 Å².